The Morgan fingerprint density at radius 3 is 2.63 bits per heavy atom. The molecule has 1 unspecified atom stereocenters. The van der Waals surface area contributed by atoms with Crippen molar-refractivity contribution in [2.24, 2.45) is 0 Å². The Kier molecular flexibility index (Phi) is 4.31. The lowest BCUT2D eigenvalue weighted by molar-refractivity contribution is 0.670. The third kappa shape index (κ3) is 2.93. The molecule has 0 bridgehead atoms. The first-order valence-electron chi connectivity index (χ1n) is 9.91. The summed E-state index contributed by atoms with van der Waals surface area (Å²) in [7, 11) is 0. The molecule has 0 aliphatic rings. The highest BCUT2D eigenvalue weighted by atomic mass is 16.1. The van der Waals surface area contributed by atoms with E-state index in [1.54, 1.807) is 4.68 Å². The SMILES string of the molecule is CCn1c(C(C)Nc2nc3c(cnn3-c3ccccc3)c(=O)[nH]2)nc2ccccc21. The van der Waals surface area contributed by atoms with Crippen molar-refractivity contribution in [1.29, 1.82) is 0 Å². The summed E-state index contributed by atoms with van der Waals surface area (Å²) < 4.78 is 3.83. The van der Waals surface area contributed by atoms with Crippen LogP contribution in [0.3, 0.4) is 0 Å². The van der Waals surface area contributed by atoms with Crippen molar-refractivity contribution in [3.05, 3.63) is 77.0 Å². The number of nitrogens with zero attached hydrogens (tertiary/aromatic N) is 5. The number of H-pyrrole nitrogens is 1. The fraction of sp³-hybridized carbons (Fsp3) is 0.182. The van der Waals surface area contributed by atoms with Gasteiger partial charge < -0.3 is 9.88 Å². The number of anilines is 1. The lowest BCUT2D eigenvalue weighted by atomic mass is 10.3. The largest absolute Gasteiger partial charge is 0.346 e. The van der Waals surface area contributed by atoms with E-state index in [4.69, 9.17) is 4.98 Å². The first-order valence-corrected chi connectivity index (χ1v) is 9.91. The quantitative estimate of drug-likeness (QED) is 0.470. The topological polar surface area (TPSA) is 93.4 Å². The number of benzene rings is 2. The molecule has 0 fully saturated rings. The van der Waals surface area contributed by atoms with E-state index in [0.29, 0.717) is 17.0 Å². The summed E-state index contributed by atoms with van der Waals surface area (Å²) in [4.78, 5) is 24.9. The average Bonchev–Trinajstić information content (AvgIpc) is 3.36. The molecule has 0 radical (unpaired) electrons. The van der Waals surface area contributed by atoms with Crippen LogP contribution in [0.25, 0.3) is 27.8 Å². The second kappa shape index (κ2) is 7.14. The van der Waals surface area contributed by atoms with Crippen LogP contribution in [0.5, 0.6) is 0 Å². The van der Waals surface area contributed by atoms with Crippen LogP contribution in [0.4, 0.5) is 5.95 Å². The predicted molar refractivity (Wildman–Crippen MR) is 117 cm³/mol. The minimum absolute atomic E-state index is 0.161. The maximum atomic E-state index is 12.6. The minimum atomic E-state index is -0.235. The summed E-state index contributed by atoms with van der Waals surface area (Å²) in [6, 6.07) is 17.5. The van der Waals surface area contributed by atoms with Gasteiger partial charge in [0.2, 0.25) is 5.95 Å². The third-order valence-corrected chi connectivity index (χ3v) is 5.18. The zero-order valence-electron chi connectivity index (χ0n) is 16.7. The molecule has 2 N–H and O–H groups in total. The Bertz CT molecular complexity index is 1400. The molecule has 5 rings (SSSR count). The van der Waals surface area contributed by atoms with Gasteiger partial charge in [0.05, 0.1) is 29.0 Å². The van der Waals surface area contributed by atoms with E-state index in [1.807, 2.05) is 55.5 Å². The van der Waals surface area contributed by atoms with Crippen molar-refractivity contribution in [1.82, 2.24) is 29.3 Å². The van der Waals surface area contributed by atoms with Crippen molar-refractivity contribution in [3.8, 4) is 5.69 Å². The van der Waals surface area contributed by atoms with Gasteiger partial charge in [0.1, 0.15) is 11.2 Å². The highest BCUT2D eigenvalue weighted by Gasteiger charge is 2.18. The van der Waals surface area contributed by atoms with Gasteiger partial charge in [0.25, 0.3) is 5.56 Å². The van der Waals surface area contributed by atoms with Gasteiger partial charge in [-0.15, -0.1) is 0 Å². The zero-order valence-corrected chi connectivity index (χ0v) is 16.7. The highest BCUT2D eigenvalue weighted by molar-refractivity contribution is 5.77. The monoisotopic (exact) mass is 399 g/mol. The van der Waals surface area contributed by atoms with Gasteiger partial charge in [-0.25, -0.2) is 9.67 Å². The van der Waals surface area contributed by atoms with Gasteiger partial charge in [-0.2, -0.15) is 10.1 Å². The van der Waals surface area contributed by atoms with Crippen molar-refractivity contribution in [2.75, 3.05) is 5.32 Å². The van der Waals surface area contributed by atoms with E-state index >= 15 is 0 Å². The number of para-hydroxylation sites is 3. The Morgan fingerprint density at radius 2 is 1.83 bits per heavy atom. The molecule has 1 atom stereocenters. The maximum absolute atomic E-state index is 12.6. The molecule has 0 spiro atoms. The number of aryl methyl sites for hydroxylation is 1. The molecular formula is C22H21N7O. The zero-order chi connectivity index (χ0) is 20.7. The Labute approximate surface area is 172 Å². The first-order chi connectivity index (χ1) is 14.7. The number of aromatic nitrogens is 6. The highest BCUT2D eigenvalue weighted by Crippen LogP contribution is 2.23. The summed E-state index contributed by atoms with van der Waals surface area (Å²) in [6.07, 6.45) is 1.54. The molecule has 2 aromatic carbocycles. The maximum Gasteiger partial charge on any atom is 0.263 e. The molecule has 0 saturated carbocycles. The number of aromatic amines is 1. The summed E-state index contributed by atoms with van der Waals surface area (Å²) in [6.45, 7) is 4.90. The van der Waals surface area contributed by atoms with Crippen LogP contribution >= 0.6 is 0 Å². The molecule has 30 heavy (non-hydrogen) atoms. The number of imidazole rings is 1. The van der Waals surface area contributed by atoms with E-state index in [-0.39, 0.29) is 11.6 Å². The van der Waals surface area contributed by atoms with Crippen LogP contribution in [-0.2, 0) is 6.54 Å². The van der Waals surface area contributed by atoms with Gasteiger partial charge in [-0.3, -0.25) is 9.78 Å². The average molecular weight is 399 g/mol. The number of hydrogen-bond acceptors (Lipinski definition) is 5. The lowest BCUT2D eigenvalue weighted by Crippen LogP contribution is -2.18. The van der Waals surface area contributed by atoms with E-state index in [1.165, 1.54) is 6.20 Å². The Hall–Kier alpha value is -3.94. The van der Waals surface area contributed by atoms with Crippen molar-refractivity contribution < 1.29 is 0 Å². The third-order valence-electron chi connectivity index (χ3n) is 5.18. The number of hydrogen-bond donors (Lipinski definition) is 2. The Balaban J connectivity index is 1.55. The number of nitrogens with one attached hydrogen (secondary N) is 2. The van der Waals surface area contributed by atoms with Gasteiger partial charge in [0, 0.05) is 6.54 Å². The van der Waals surface area contributed by atoms with Crippen LogP contribution < -0.4 is 10.9 Å². The van der Waals surface area contributed by atoms with E-state index in [9.17, 15) is 4.79 Å². The molecule has 150 valence electrons. The molecule has 0 aliphatic carbocycles. The van der Waals surface area contributed by atoms with Crippen molar-refractivity contribution in [2.45, 2.75) is 26.4 Å². The molecule has 0 saturated heterocycles. The molecule has 5 aromatic rings. The molecular weight excluding hydrogens is 378 g/mol. The second-order valence-corrected chi connectivity index (χ2v) is 7.11. The van der Waals surface area contributed by atoms with E-state index < -0.39 is 0 Å². The molecule has 8 nitrogen and oxygen atoms in total. The predicted octanol–water partition coefficient (Wildman–Crippen LogP) is 3.65. The van der Waals surface area contributed by atoms with E-state index in [0.717, 1.165) is 29.1 Å². The Morgan fingerprint density at radius 1 is 1.07 bits per heavy atom. The summed E-state index contributed by atoms with van der Waals surface area (Å²) in [5.74, 6) is 1.27. The normalized spacial score (nSPS) is 12.5. The number of rotatable bonds is 5. The molecule has 3 aromatic heterocycles. The van der Waals surface area contributed by atoms with Gasteiger partial charge in [-0.05, 0) is 38.1 Å². The van der Waals surface area contributed by atoms with Crippen LogP contribution in [0.2, 0.25) is 0 Å². The van der Waals surface area contributed by atoms with Crippen LogP contribution in [0, 0.1) is 0 Å². The molecule has 0 aliphatic heterocycles. The van der Waals surface area contributed by atoms with E-state index in [2.05, 4.69) is 37.9 Å². The fourth-order valence-electron chi connectivity index (χ4n) is 3.77. The van der Waals surface area contributed by atoms with Crippen LogP contribution in [-0.4, -0.2) is 29.3 Å². The summed E-state index contributed by atoms with van der Waals surface area (Å²) in [5.41, 5.74) is 3.15. The van der Waals surface area contributed by atoms with Gasteiger partial charge >= 0.3 is 0 Å². The summed E-state index contributed by atoms with van der Waals surface area (Å²) >= 11 is 0. The van der Waals surface area contributed by atoms with Crippen molar-refractivity contribution in [3.63, 3.8) is 0 Å². The van der Waals surface area contributed by atoms with Crippen LogP contribution in [0.15, 0.2) is 65.6 Å². The molecule has 8 heteroatoms. The van der Waals surface area contributed by atoms with Crippen molar-refractivity contribution >= 4 is 28.0 Å². The molecule has 3 heterocycles. The standard InChI is InChI=1S/C22H21N7O/c1-3-28-18-12-8-7-11-17(18)25-19(28)14(2)24-22-26-20-16(21(30)27-22)13-23-29(20)15-9-5-4-6-10-15/h4-14H,3H2,1-2H3,(H2,24,26,27,30). The summed E-state index contributed by atoms with van der Waals surface area (Å²) in [5, 5.41) is 8.10. The smallest absolute Gasteiger partial charge is 0.263 e. The van der Waals surface area contributed by atoms with Gasteiger partial charge in [0.15, 0.2) is 5.65 Å². The number of fused-ring (bicyclic) bond motifs is 2. The van der Waals surface area contributed by atoms with Crippen LogP contribution in [0.1, 0.15) is 25.7 Å². The second-order valence-electron chi connectivity index (χ2n) is 7.11. The minimum Gasteiger partial charge on any atom is -0.346 e. The molecule has 0 amide bonds. The fourth-order valence-corrected chi connectivity index (χ4v) is 3.77. The first kappa shape index (κ1) is 18.1. The lowest BCUT2D eigenvalue weighted by Gasteiger charge is -2.15. The van der Waals surface area contributed by atoms with Gasteiger partial charge in [-0.1, -0.05) is 30.3 Å².